The van der Waals surface area contributed by atoms with Gasteiger partial charge < -0.3 is 0 Å². The number of nitrogens with zero attached hydrogens (tertiary/aromatic N) is 1. The maximum Gasteiger partial charge on any atom is 0.281 e. The zero-order valence-electron chi connectivity index (χ0n) is 6.72. The Morgan fingerprint density at radius 3 is 2.62 bits per heavy atom. The first-order valence-electron chi connectivity index (χ1n) is 3.46. The van der Waals surface area contributed by atoms with Gasteiger partial charge in [-0.2, -0.15) is 0 Å². The monoisotopic (exact) mass is 189 g/mol. The number of carbonyl (C=O) groups is 1. The number of aromatic nitrogens is 1. The molecular formula is C8H6F3NO. The van der Waals surface area contributed by atoms with E-state index in [1.54, 1.807) is 0 Å². The minimum atomic E-state index is -2.86. The van der Waals surface area contributed by atoms with Crippen LogP contribution in [0.2, 0.25) is 0 Å². The number of aldehydes is 1. The molecule has 1 heterocycles. The second kappa shape index (κ2) is 3.55. The van der Waals surface area contributed by atoms with Crippen LogP contribution in [-0.2, 0) is 0 Å². The molecule has 0 aliphatic carbocycles. The van der Waals surface area contributed by atoms with Crippen molar-refractivity contribution in [3.05, 3.63) is 28.8 Å². The Morgan fingerprint density at radius 1 is 1.54 bits per heavy atom. The molecule has 0 unspecified atom stereocenters. The van der Waals surface area contributed by atoms with Gasteiger partial charge in [0.2, 0.25) is 0 Å². The first-order valence-corrected chi connectivity index (χ1v) is 3.46. The number of rotatable bonds is 2. The molecule has 0 saturated heterocycles. The maximum atomic E-state index is 12.7. The van der Waals surface area contributed by atoms with Crippen LogP contribution in [0.15, 0.2) is 6.07 Å². The molecule has 0 aromatic carbocycles. The van der Waals surface area contributed by atoms with E-state index in [4.69, 9.17) is 0 Å². The van der Waals surface area contributed by atoms with Crippen LogP contribution in [-0.4, -0.2) is 11.3 Å². The van der Waals surface area contributed by atoms with Crippen LogP contribution in [0.5, 0.6) is 0 Å². The van der Waals surface area contributed by atoms with E-state index in [-0.39, 0.29) is 12.0 Å². The zero-order chi connectivity index (χ0) is 10.0. The van der Waals surface area contributed by atoms with Crippen molar-refractivity contribution in [3.63, 3.8) is 0 Å². The third-order valence-corrected chi connectivity index (χ3v) is 1.55. The molecule has 0 aliphatic heterocycles. The van der Waals surface area contributed by atoms with Crippen molar-refractivity contribution in [2.45, 2.75) is 13.3 Å². The largest absolute Gasteiger partial charge is 0.298 e. The summed E-state index contributed by atoms with van der Waals surface area (Å²) in [6.45, 7) is 1.26. The Morgan fingerprint density at radius 2 is 2.15 bits per heavy atom. The predicted octanol–water partition coefficient (Wildman–Crippen LogP) is 2.28. The van der Waals surface area contributed by atoms with E-state index in [0.717, 1.165) is 6.07 Å². The van der Waals surface area contributed by atoms with Gasteiger partial charge in [0.15, 0.2) is 6.29 Å². The van der Waals surface area contributed by atoms with Gasteiger partial charge in [-0.05, 0) is 13.0 Å². The molecule has 0 atom stereocenters. The Hall–Kier alpha value is -1.39. The zero-order valence-corrected chi connectivity index (χ0v) is 6.72. The van der Waals surface area contributed by atoms with Gasteiger partial charge >= 0.3 is 0 Å². The Bertz CT molecular complexity index is 338. The van der Waals surface area contributed by atoms with E-state index < -0.39 is 23.5 Å². The van der Waals surface area contributed by atoms with Crippen LogP contribution in [0.4, 0.5) is 13.2 Å². The second-order valence-electron chi connectivity index (χ2n) is 2.45. The van der Waals surface area contributed by atoms with Gasteiger partial charge in [-0.15, -0.1) is 0 Å². The molecule has 13 heavy (non-hydrogen) atoms. The average Bonchev–Trinajstić information content (AvgIpc) is 2.08. The van der Waals surface area contributed by atoms with Gasteiger partial charge in [-0.3, -0.25) is 4.79 Å². The maximum absolute atomic E-state index is 12.7. The number of alkyl halides is 2. The van der Waals surface area contributed by atoms with E-state index in [0.29, 0.717) is 0 Å². The van der Waals surface area contributed by atoms with E-state index in [9.17, 15) is 18.0 Å². The van der Waals surface area contributed by atoms with Crippen molar-refractivity contribution in [1.29, 1.82) is 0 Å². The first kappa shape index (κ1) is 9.70. The van der Waals surface area contributed by atoms with Gasteiger partial charge in [0.05, 0.1) is 5.69 Å². The van der Waals surface area contributed by atoms with Crippen molar-refractivity contribution in [2.75, 3.05) is 0 Å². The lowest BCUT2D eigenvalue weighted by Crippen LogP contribution is -2.01. The summed E-state index contributed by atoms with van der Waals surface area (Å²) < 4.78 is 37.1. The van der Waals surface area contributed by atoms with Gasteiger partial charge in [0.25, 0.3) is 6.43 Å². The fraction of sp³-hybridized carbons (Fsp3) is 0.250. The number of halogens is 3. The summed E-state index contributed by atoms with van der Waals surface area (Å²) in [5.41, 5.74) is -1.21. The molecule has 0 N–H and O–H groups in total. The summed E-state index contributed by atoms with van der Waals surface area (Å²) in [6.07, 6.45) is -2.70. The molecule has 0 fully saturated rings. The SMILES string of the molecule is Cc1nc(C(F)F)c(C=O)cc1F. The molecule has 0 amide bonds. The minimum Gasteiger partial charge on any atom is -0.298 e. The molecule has 2 nitrogen and oxygen atoms in total. The van der Waals surface area contributed by atoms with Gasteiger partial charge in [-0.1, -0.05) is 0 Å². The lowest BCUT2D eigenvalue weighted by Gasteiger charge is -2.04. The van der Waals surface area contributed by atoms with Crippen LogP contribution in [0.1, 0.15) is 28.2 Å². The number of pyridine rings is 1. The van der Waals surface area contributed by atoms with Crippen molar-refractivity contribution in [1.82, 2.24) is 4.98 Å². The summed E-state index contributed by atoms with van der Waals surface area (Å²) in [4.78, 5) is 13.5. The van der Waals surface area contributed by atoms with Crippen molar-refractivity contribution < 1.29 is 18.0 Å². The second-order valence-corrected chi connectivity index (χ2v) is 2.45. The van der Waals surface area contributed by atoms with E-state index in [1.807, 2.05) is 0 Å². The van der Waals surface area contributed by atoms with E-state index >= 15 is 0 Å². The van der Waals surface area contributed by atoms with Crippen LogP contribution in [0.3, 0.4) is 0 Å². The van der Waals surface area contributed by atoms with E-state index in [2.05, 4.69) is 4.98 Å². The predicted molar refractivity (Wildman–Crippen MR) is 39.3 cm³/mol. The molecule has 70 valence electrons. The summed E-state index contributed by atoms with van der Waals surface area (Å²) in [5.74, 6) is -0.758. The summed E-state index contributed by atoms with van der Waals surface area (Å²) >= 11 is 0. The fourth-order valence-corrected chi connectivity index (χ4v) is 0.883. The Balaban J connectivity index is 3.32. The number of hydrogen-bond donors (Lipinski definition) is 0. The lowest BCUT2D eigenvalue weighted by molar-refractivity contribution is 0.110. The van der Waals surface area contributed by atoms with Crippen molar-refractivity contribution in [2.24, 2.45) is 0 Å². The molecule has 0 bridgehead atoms. The highest BCUT2D eigenvalue weighted by Gasteiger charge is 2.16. The van der Waals surface area contributed by atoms with Gasteiger partial charge in [0, 0.05) is 5.56 Å². The molecule has 0 spiro atoms. The number of hydrogen-bond acceptors (Lipinski definition) is 2. The molecule has 1 aromatic rings. The minimum absolute atomic E-state index is 0.138. The van der Waals surface area contributed by atoms with Gasteiger partial charge in [0.1, 0.15) is 11.5 Å². The molecule has 1 rings (SSSR count). The highest BCUT2D eigenvalue weighted by atomic mass is 19.3. The van der Waals surface area contributed by atoms with Crippen molar-refractivity contribution >= 4 is 6.29 Å². The Kier molecular flexibility index (Phi) is 2.65. The number of carbonyl (C=O) groups excluding carboxylic acids is 1. The van der Waals surface area contributed by atoms with Crippen LogP contribution >= 0.6 is 0 Å². The molecule has 0 aliphatic rings. The average molecular weight is 189 g/mol. The normalized spacial score (nSPS) is 10.5. The third-order valence-electron chi connectivity index (χ3n) is 1.55. The smallest absolute Gasteiger partial charge is 0.281 e. The van der Waals surface area contributed by atoms with E-state index in [1.165, 1.54) is 6.92 Å². The van der Waals surface area contributed by atoms with Crippen LogP contribution in [0.25, 0.3) is 0 Å². The first-order chi connectivity index (χ1) is 6.06. The lowest BCUT2D eigenvalue weighted by atomic mass is 10.2. The summed E-state index contributed by atoms with van der Waals surface area (Å²) in [5, 5.41) is 0. The van der Waals surface area contributed by atoms with Gasteiger partial charge in [-0.25, -0.2) is 18.2 Å². The Labute approximate surface area is 72.4 Å². The molecular weight excluding hydrogens is 183 g/mol. The highest BCUT2D eigenvalue weighted by molar-refractivity contribution is 5.76. The molecule has 1 aromatic heterocycles. The van der Waals surface area contributed by atoms with Crippen molar-refractivity contribution in [3.8, 4) is 0 Å². The third kappa shape index (κ3) is 1.85. The topological polar surface area (TPSA) is 30.0 Å². The molecule has 0 radical (unpaired) electrons. The standard InChI is InChI=1S/C8H6F3NO/c1-4-6(9)2-5(3-13)7(12-4)8(10)11/h2-3,8H,1H3. The molecule has 5 heteroatoms. The molecule has 0 saturated carbocycles. The van der Waals surface area contributed by atoms with Crippen LogP contribution in [0, 0.1) is 12.7 Å². The summed E-state index contributed by atoms with van der Waals surface area (Å²) in [7, 11) is 0. The van der Waals surface area contributed by atoms with Crippen LogP contribution < -0.4 is 0 Å². The fourth-order valence-electron chi connectivity index (χ4n) is 0.883. The highest BCUT2D eigenvalue weighted by Crippen LogP contribution is 2.21. The summed E-state index contributed by atoms with van der Waals surface area (Å²) in [6, 6.07) is 0.761. The number of aryl methyl sites for hydroxylation is 1. The quantitative estimate of drug-likeness (QED) is 0.668.